The molecular weight excluding hydrogens is 691 g/mol. The minimum absolute atomic E-state index is 0.0520. The summed E-state index contributed by atoms with van der Waals surface area (Å²) in [4.78, 5) is 2.61. The minimum Gasteiger partial charge on any atom is -0.456 e. The van der Waals surface area contributed by atoms with Crippen molar-refractivity contribution in [2.75, 3.05) is 4.90 Å². The maximum Gasteiger partial charge on any atom is 0.135 e. The predicted molar refractivity (Wildman–Crippen MR) is 239 cm³/mol. The van der Waals surface area contributed by atoms with Crippen LogP contribution in [0.3, 0.4) is 0 Å². The molecule has 0 saturated carbocycles. The molecule has 7 aromatic rings. The molecule has 2 heterocycles. The predicted octanol–water partition coefficient (Wildman–Crippen LogP) is 14.4. The van der Waals surface area contributed by atoms with Crippen LogP contribution in [0.15, 0.2) is 173 Å². The Labute approximate surface area is 336 Å². The number of aryl methyl sites for hydroxylation is 1. The molecule has 0 saturated heterocycles. The Balaban J connectivity index is 1.01. The first-order chi connectivity index (χ1) is 27.7. The van der Waals surface area contributed by atoms with Gasteiger partial charge in [0.1, 0.15) is 11.2 Å². The van der Waals surface area contributed by atoms with Crippen molar-refractivity contribution in [3.8, 4) is 11.1 Å². The quantitative estimate of drug-likeness (QED) is 0.175. The van der Waals surface area contributed by atoms with E-state index in [0.717, 1.165) is 24.0 Å². The highest BCUT2D eigenvalue weighted by atomic mass is 16.3. The van der Waals surface area contributed by atoms with E-state index in [9.17, 15) is 0 Å². The molecule has 2 heteroatoms. The molecule has 4 aliphatic rings. The second-order valence-electron chi connectivity index (χ2n) is 17.7. The van der Waals surface area contributed by atoms with Crippen LogP contribution in [0, 0.1) is 12.8 Å². The molecule has 1 aliphatic heterocycles. The zero-order chi connectivity index (χ0) is 38.6. The van der Waals surface area contributed by atoms with E-state index in [2.05, 4.69) is 191 Å². The molecular formula is C55H47NO. The average Bonchev–Trinajstić information content (AvgIpc) is 3.85. The molecule has 2 atom stereocenters. The van der Waals surface area contributed by atoms with Gasteiger partial charge in [-0.25, -0.2) is 0 Å². The zero-order valence-electron chi connectivity index (χ0n) is 33.4. The molecule has 2 unspecified atom stereocenters. The summed E-state index contributed by atoms with van der Waals surface area (Å²) in [5, 5.41) is 2.35. The van der Waals surface area contributed by atoms with Crippen molar-refractivity contribution in [1.82, 2.24) is 0 Å². The van der Waals surface area contributed by atoms with Crippen molar-refractivity contribution < 1.29 is 4.42 Å². The van der Waals surface area contributed by atoms with E-state index in [1.807, 2.05) is 6.07 Å². The van der Waals surface area contributed by atoms with Crippen LogP contribution >= 0.6 is 0 Å². The number of para-hydroxylation sites is 2. The molecule has 0 fully saturated rings. The van der Waals surface area contributed by atoms with Crippen molar-refractivity contribution in [2.24, 2.45) is 5.92 Å². The topological polar surface area (TPSA) is 16.4 Å². The summed E-state index contributed by atoms with van der Waals surface area (Å²) < 4.78 is 6.24. The maximum atomic E-state index is 6.24. The first-order valence-corrected chi connectivity index (χ1v) is 20.6. The largest absolute Gasteiger partial charge is 0.456 e. The number of hydrogen-bond acceptors (Lipinski definition) is 2. The van der Waals surface area contributed by atoms with Crippen molar-refractivity contribution in [1.29, 1.82) is 0 Å². The average molecular weight is 738 g/mol. The first-order valence-electron chi connectivity index (χ1n) is 20.6. The Bertz CT molecular complexity index is 2930. The summed E-state index contributed by atoms with van der Waals surface area (Å²) in [5.74, 6) is 0.274. The fourth-order valence-electron chi connectivity index (χ4n) is 10.7. The third-order valence-corrected chi connectivity index (χ3v) is 13.8. The molecule has 2 nitrogen and oxygen atoms in total. The van der Waals surface area contributed by atoms with Crippen molar-refractivity contribution >= 4 is 44.5 Å². The number of hydrogen-bond donors (Lipinski definition) is 0. The lowest BCUT2D eigenvalue weighted by Crippen LogP contribution is -2.28. The van der Waals surface area contributed by atoms with Crippen LogP contribution in [0.4, 0.5) is 11.4 Å². The molecule has 11 rings (SSSR count). The summed E-state index contributed by atoms with van der Waals surface area (Å²) in [5.41, 5.74) is 20.8. The van der Waals surface area contributed by atoms with E-state index in [-0.39, 0.29) is 22.8 Å². The third-order valence-electron chi connectivity index (χ3n) is 13.8. The van der Waals surface area contributed by atoms with E-state index in [4.69, 9.17) is 4.42 Å². The van der Waals surface area contributed by atoms with Gasteiger partial charge in [-0.15, -0.1) is 0 Å². The highest BCUT2D eigenvalue weighted by molar-refractivity contribution is 6.05. The van der Waals surface area contributed by atoms with Gasteiger partial charge in [0.15, 0.2) is 0 Å². The lowest BCUT2D eigenvalue weighted by atomic mass is 9.69. The fourth-order valence-corrected chi connectivity index (χ4v) is 10.7. The van der Waals surface area contributed by atoms with Crippen LogP contribution < -0.4 is 4.90 Å². The number of fused-ring (bicyclic) bond motifs is 9. The van der Waals surface area contributed by atoms with Gasteiger partial charge < -0.3 is 9.32 Å². The molecule has 0 spiro atoms. The molecule has 0 amide bonds. The summed E-state index contributed by atoms with van der Waals surface area (Å²) in [6.07, 6.45) is 12.0. The van der Waals surface area contributed by atoms with Gasteiger partial charge >= 0.3 is 0 Å². The molecule has 57 heavy (non-hydrogen) atoms. The summed E-state index contributed by atoms with van der Waals surface area (Å²) in [6.45, 7) is 11.8. The lowest BCUT2D eigenvalue weighted by Gasteiger charge is -2.35. The Morgan fingerprint density at radius 3 is 2.26 bits per heavy atom. The molecule has 278 valence electrons. The van der Waals surface area contributed by atoms with Crippen LogP contribution in [0.2, 0.25) is 0 Å². The number of benzene rings is 6. The molecule has 6 aromatic carbocycles. The highest BCUT2D eigenvalue weighted by Crippen LogP contribution is 2.56. The zero-order valence-corrected chi connectivity index (χ0v) is 33.4. The second-order valence-corrected chi connectivity index (χ2v) is 17.7. The highest BCUT2D eigenvalue weighted by Gasteiger charge is 2.42. The Morgan fingerprint density at radius 1 is 0.684 bits per heavy atom. The van der Waals surface area contributed by atoms with Crippen LogP contribution in [-0.2, 0) is 10.8 Å². The van der Waals surface area contributed by atoms with Gasteiger partial charge in [-0.05, 0) is 123 Å². The van der Waals surface area contributed by atoms with Gasteiger partial charge in [0, 0.05) is 44.5 Å². The van der Waals surface area contributed by atoms with Gasteiger partial charge in [-0.3, -0.25) is 0 Å². The number of allylic oxidation sites excluding steroid dienone is 6. The first kappa shape index (κ1) is 34.2. The van der Waals surface area contributed by atoms with E-state index in [1.54, 1.807) is 0 Å². The standard InChI is InChI=1S/C55H47NO/c1-34-15-9-10-18-39(34)42-29-35(23-26-48(42)54(2,3)37-25-28-53-46(31-37)41-20-12-14-22-52(41)57-53)36-24-27-50-44(30-36)45-32-43-40-19-11-13-21-47(40)55(4,5)49(43)33-51(45)56(50)38-16-7-6-8-17-38/h6-26,28,30-33,35,50H,27,29H2,1-5H3. The van der Waals surface area contributed by atoms with Crippen molar-refractivity contribution in [3.05, 3.63) is 202 Å². The second kappa shape index (κ2) is 12.4. The lowest BCUT2D eigenvalue weighted by molar-refractivity contribution is 0.626. The van der Waals surface area contributed by atoms with Gasteiger partial charge in [-0.1, -0.05) is 143 Å². The Hall–Kier alpha value is -6.12. The molecule has 0 bridgehead atoms. The summed E-state index contributed by atoms with van der Waals surface area (Å²) in [6, 6.07) is 49.5. The van der Waals surface area contributed by atoms with Crippen LogP contribution in [0.1, 0.15) is 73.9 Å². The summed E-state index contributed by atoms with van der Waals surface area (Å²) in [7, 11) is 0. The molecule has 0 radical (unpaired) electrons. The van der Waals surface area contributed by atoms with Crippen LogP contribution in [0.25, 0.3) is 44.2 Å². The van der Waals surface area contributed by atoms with Crippen molar-refractivity contribution in [3.63, 3.8) is 0 Å². The van der Waals surface area contributed by atoms with Gasteiger partial charge in [0.05, 0.1) is 6.04 Å². The van der Waals surface area contributed by atoms with E-state index >= 15 is 0 Å². The van der Waals surface area contributed by atoms with Crippen molar-refractivity contribution in [2.45, 2.75) is 64.3 Å². The summed E-state index contributed by atoms with van der Waals surface area (Å²) >= 11 is 0. The van der Waals surface area contributed by atoms with Crippen LogP contribution in [0.5, 0.6) is 0 Å². The van der Waals surface area contributed by atoms with Gasteiger partial charge in [0.25, 0.3) is 0 Å². The van der Waals surface area contributed by atoms with Gasteiger partial charge in [-0.2, -0.15) is 0 Å². The Morgan fingerprint density at radius 2 is 1.42 bits per heavy atom. The number of anilines is 2. The Kier molecular flexibility index (Phi) is 7.45. The maximum absolute atomic E-state index is 6.24. The molecule has 0 N–H and O–H groups in total. The number of nitrogens with zero attached hydrogens (tertiary/aromatic N) is 1. The molecule has 1 aromatic heterocycles. The smallest absolute Gasteiger partial charge is 0.135 e. The van der Waals surface area contributed by atoms with E-state index < -0.39 is 0 Å². The molecule has 3 aliphatic carbocycles. The van der Waals surface area contributed by atoms with Gasteiger partial charge in [0.2, 0.25) is 0 Å². The number of rotatable bonds is 5. The van der Waals surface area contributed by atoms with E-state index in [1.165, 1.54) is 88.9 Å². The number of furan rings is 1. The SMILES string of the molecule is Cc1ccccc1C1=C(C(C)(C)c2ccc3oc4ccccc4c3c2)C=CC(C2=CCC3C(=C2)c2cc4c(cc2N3c2ccccc2)C(C)(C)c2ccccc2-4)C1. The third kappa shape index (κ3) is 5.09. The fraction of sp³-hybridized carbons (Fsp3) is 0.200. The van der Waals surface area contributed by atoms with E-state index in [0.29, 0.717) is 0 Å². The minimum atomic E-state index is -0.235. The van der Waals surface area contributed by atoms with Crippen LogP contribution in [-0.4, -0.2) is 6.04 Å². The normalized spacial score (nSPS) is 19.4. The monoisotopic (exact) mass is 737 g/mol.